The summed E-state index contributed by atoms with van der Waals surface area (Å²) in [6.45, 7) is 2.43. The molecule has 1 aromatic carbocycles. The summed E-state index contributed by atoms with van der Waals surface area (Å²) in [5, 5.41) is -0.0294. The minimum absolute atomic E-state index is 0.00212. The average molecular weight is 284 g/mol. The number of benzene rings is 1. The molecule has 0 amide bonds. The predicted molar refractivity (Wildman–Crippen MR) is 67.1 cm³/mol. The van der Waals surface area contributed by atoms with Gasteiger partial charge in [0.15, 0.2) is 0 Å². The van der Waals surface area contributed by atoms with Gasteiger partial charge in [0.25, 0.3) is 0 Å². The summed E-state index contributed by atoms with van der Waals surface area (Å²) in [6.07, 6.45) is 0.817. The molecule has 0 unspecified atom stereocenters. The first-order chi connectivity index (χ1) is 9.17. The molecule has 0 saturated carbocycles. The summed E-state index contributed by atoms with van der Waals surface area (Å²) in [5.74, 6) is 0.0399. The van der Waals surface area contributed by atoms with Crippen molar-refractivity contribution in [2.75, 3.05) is 6.61 Å². The van der Waals surface area contributed by atoms with Crippen molar-refractivity contribution in [3.63, 3.8) is 0 Å². The molecule has 5 nitrogen and oxygen atoms in total. The Hall–Kier alpha value is -1.95. The Morgan fingerprint density at radius 3 is 2.47 bits per heavy atom. The lowest BCUT2D eigenvalue weighted by atomic mass is 10.3. The third-order valence-electron chi connectivity index (χ3n) is 2.03. The van der Waals surface area contributed by atoms with E-state index in [0.29, 0.717) is 12.4 Å². The van der Waals surface area contributed by atoms with E-state index in [9.17, 15) is 4.39 Å². The van der Waals surface area contributed by atoms with Gasteiger partial charge in [0, 0.05) is 0 Å². The Kier molecular flexibility index (Phi) is 4.46. The summed E-state index contributed by atoms with van der Waals surface area (Å²) < 4.78 is 23.3. The second kappa shape index (κ2) is 6.29. The van der Waals surface area contributed by atoms with Gasteiger partial charge in [0.2, 0.25) is 5.28 Å². The molecule has 19 heavy (non-hydrogen) atoms. The minimum atomic E-state index is -0.354. The summed E-state index contributed by atoms with van der Waals surface area (Å²) in [4.78, 5) is 11.6. The maximum atomic E-state index is 12.8. The highest BCUT2D eigenvalue weighted by atomic mass is 35.5. The van der Waals surface area contributed by atoms with Gasteiger partial charge in [0.05, 0.1) is 6.61 Å². The van der Waals surface area contributed by atoms with Crippen molar-refractivity contribution in [2.24, 2.45) is 0 Å². The minimum Gasteiger partial charge on any atom is -0.463 e. The van der Waals surface area contributed by atoms with Crippen LogP contribution in [0.15, 0.2) is 24.3 Å². The highest BCUT2D eigenvalue weighted by molar-refractivity contribution is 6.28. The van der Waals surface area contributed by atoms with E-state index in [1.807, 2.05) is 6.92 Å². The number of aromatic nitrogens is 3. The van der Waals surface area contributed by atoms with Gasteiger partial charge in [-0.2, -0.15) is 9.97 Å². The normalized spacial score (nSPS) is 10.3. The number of nitrogens with zero attached hydrogens (tertiary/aromatic N) is 3. The lowest BCUT2D eigenvalue weighted by Gasteiger charge is -2.06. The van der Waals surface area contributed by atoms with Crippen LogP contribution in [0.25, 0.3) is 0 Å². The fourth-order valence-corrected chi connectivity index (χ4v) is 1.37. The van der Waals surface area contributed by atoms with Crippen molar-refractivity contribution < 1.29 is 13.9 Å². The molecule has 7 heteroatoms. The zero-order valence-corrected chi connectivity index (χ0v) is 10.9. The van der Waals surface area contributed by atoms with Crippen molar-refractivity contribution in [3.05, 3.63) is 35.4 Å². The number of hydrogen-bond acceptors (Lipinski definition) is 5. The zero-order valence-electron chi connectivity index (χ0n) is 10.1. The molecule has 100 valence electrons. The van der Waals surface area contributed by atoms with E-state index in [0.717, 1.165) is 6.42 Å². The number of hydrogen-bond donors (Lipinski definition) is 0. The van der Waals surface area contributed by atoms with Gasteiger partial charge in [-0.3, -0.25) is 0 Å². The fourth-order valence-electron chi connectivity index (χ4n) is 1.23. The van der Waals surface area contributed by atoms with Crippen LogP contribution in [0.3, 0.4) is 0 Å². The van der Waals surface area contributed by atoms with Crippen LogP contribution >= 0.6 is 11.6 Å². The predicted octanol–water partition coefficient (Wildman–Crippen LogP) is 3.25. The molecular formula is C12H11ClFN3O2. The summed E-state index contributed by atoms with van der Waals surface area (Å²) in [5.41, 5.74) is 0. The molecule has 0 atom stereocenters. The molecule has 0 bridgehead atoms. The molecule has 0 spiro atoms. The van der Waals surface area contributed by atoms with Crippen LogP contribution in [-0.4, -0.2) is 21.6 Å². The quantitative estimate of drug-likeness (QED) is 0.843. The van der Waals surface area contributed by atoms with Gasteiger partial charge in [-0.1, -0.05) is 6.92 Å². The van der Waals surface area contributed by atoms with E-state index in [1.54, 1.807) is 0 Å². The van der Waals surface area contributed by atoms with E-state index in [4.69, 9.17) is 21.1 Å². The van der Waals surface area contributed by atoms with Gasteiger partial charge >= 0.3 is 12.0 Å². The molecule has 1 heterocycles. The molecule has 0 saturated heterocycles. The van der Waals surface area contributed by atoms with Crippen molar-refractivity contribution in [1.29, 1.82) is 0 Å². The van der Waals surface area contributed by atoms with Crippen LogP contribution in [0.4, 0.5) is 4.39 Å². The third-order valence-corrected chi connectivity index (χ3v) is 2.19. The Morgan fingerprint density at radius 1 is 1.11 bits per heavy atom. The fraction of sp³-hybridized carbons (Fsp3) is 0.250. The number of halogens is 2. The standard InChI is InChI=1S/C12H11ClFN3O2/c1-2-7-18-11-15-10(13)16-12(17-11)19-9-5-3-8(14)4-6-9/h3-6H,2,7H2,1H3. The van der Waals surface area contributed by atoms with Crippen LogP contribution < -0.4 is 9.47 Å². The maximum absolute atomic E-state index is 12.8. The van der Waals surface area contributed by atoms with Crippen LogP contribution in [0.1, 0.15) is 13.3 Å². The number of ether oxygens (including phenoxy) is 2. The van der Waals surface area contributed by atoms with E-state index in [1.165, 1.54) is 24.3 Å². The van der Waals surface area contributed by atoms with E-state index < -0.39 is 0 Å². The highest BCUT2D eigenvalue weighted by Crippen LogP contribution is 2.20. The average Bonchev–Trinajstić information content (AvgIpc) is 2.38. The molecule has 0 fully saturated rings. The second-order valence-corrected chi connectivity index (χ2v) is 3.91. The monoisotopic (exact) mass is 283 g/mol. The SMILES string of the molecule is CCCOc1nc(Cl)nc(Oc2ccc(F)cc2)n1. The smallest absolute Gasteiger partial charge is 0.329 e. The molecule has 0 aliphatic heterocycles. The molecule has 1 aromatic heterocycles. The molecule has 0 aliphatic carbocycles. The van der Waals surface area contributed by atoms with Crippen LogP contribution in [0.2, 0.25) is 5.28 Å². The number of rotatable bonds is 5. The summed E-state index contributed by atoms with van der Waals surface area (Å²) in [7, 11) is 0. The molecule has 0 aliphatic rings. The van der Waals surface area contributed by atoms with Gasteiger partial charge in [-0.15, -0.1) is 4.98 Å². The summed E-state index contributed by atoms with van der Waals surface area (Å²) >= 11 is 5.74. The Morgan fingerprint density at radius 2 is 1.79 bits per heavy atom. The van der Waals surface area contributed by atoms with Gasteiger partial charge in [-0.25, -0.2) is 4.39 Å². The van der Waals surface area contributed by atoms with Crippen LogP contribution in [0.5, 0.6) is 17.8 Å². The first kappa shape index (κ1) is 13.5. The first-order valence-corrected chi connectivity index (χ1v) is 6.03. The first-order valence-electron chi connectivity index (χ1n) is 5.65. The maximum Gasteiger partial charge on any atom is 0.329 e. The van der Waals surface area contributed by atoms with Crippen molar-refractivity contribution in [3.8, 4) is 17.8 Å². The zero-order chi connectivity index (χ0) is 13.7. The second-order valence-electron chi connectivity index (χ2n) is 3.57. The topological polar surface area (TPSA) is 57.1 Å². The largest absolute Gasteiger partial charge is 0.463 e. The lowest BCUT2D eigenvalue weighted by Crippen LogP contribution is -2.03. The van der Waals surface area contributed by atoms with Crippen molar-refractivity contribution in [1.82, 2.24) is 15.0 Å². The van der Waals surface area contributed by atoms with Gasteiger partial charge in [0.1, 0.15) is 11.6 Å². The highest BCUT2D eigenvalue weighted by Gasteiger charge is 2.08. The van der Waals surface area contributed by atoms with Crippen molar-refractivity contribution >= 4 is 11.6 Å². The molecule has 2 aromatic rings. The Balaban J connectivity index is 2.15. The van der Waals surface area contributed by atoms with Crippen molar-refractivity contribution in [2.45, 2.75) is 13.3 Å². The van der Waals surface area contributed by atoms with Gasteiger partial charge in [-0.05, 0) is 42.3 Å². The van der Waals surface area contributed by atoms with E-state index >= 15 is 0 Å². The summed E-state index contributed by atoms with van der Waals surface area (Å²) in [6, 6.07) is 5.55. The van der Waals surface area contributed by atoms with Crippen LogP contribution in [0, 0.1) is 5.82 Å². The molecular weight excluding hydrogens is 273 g/mol. The van der Waals surface area contributed by atoms with Crippen LogP contribution in [-0.2, 0) is 0 Å². The Labute approximate surface area is 114 Å². The molecule has 0 radical (unpaired) electrons. The van der Waals surface area contributed by atoms with E-state index in [-0.39, 0.29) is 23.1 Å². The lowest BCUT2D eigenvalue weighted by molar-refractivity contribution is 0.284. The molecule has 2 rings (SSSR count). The molecule has 0 N–H and O–H groups in total. The third kappa shape index (κ3) is 4.03. The van der Waals surface area contributed by atoms with Gasteiger partial charge < -0.3 is 9.47 Å². The Bertz CT molecular complexity index is 551. The van der Waals surface area contributed by atoms with E-state index in [2.05, 4.69) is 15.0 Å².